The van der Waals surface area contributed by atoms with Crippen molar-refractivity contribution in [3.63, 3.8) is 0 Å². The van der Waals surface area contributed by atoms with Gasteiger partial charge in [-0.2, -0.15) is 13.2 Å². The SMILES string of the molecule is CCOC(=O)c1cn(CCCCl)c2ccc(C(F)(F)F)cc2c1=O. The molecule has 0 fully saturated rings. The number of hydrogen-bond acceptors (Lipinski definition) is 3. The number of ether oxygens (including phenoxy) is 1. The van der Waals surface area contributed by atoms with Gasteiger partial charge in [-0.15, -0.1) is 11.6 Å². The summed E-state index contributed by atoms with van der Waals surface area (Å²) in [5.74, 6) is -0.523. The highest BCUT2D eigenvalue weighted by Gasteiger charge is 2.31. The molecule has 1 aromatic carbocycles. The first-order valence-electron chi connectivity index (χ1n) is 7.27. The molecule has 0 saturated carbocycles. The van der Waals surface area contributed by atoms with E-state index in [2.05, 4.69) is 0 Å². The number of fused-ring (bicyclic) bond motifs is 1. The van der Waals surface area contributed by atoms with Crippen LogP contribution in [0.2, 0.25) is 0 Å². The van der Waals surface area contributed by atoms with Crippen LogP contribution >= 0.6 is 11.6 Å². The monoisotopic (exact) mass is 361 g/mol. The fourth-order valence-corrected chi connectivity index (χ4v) is 2.46. The summed E-state index contributed by atoms with van der Waals surface area (Å²) in [6.07, 6.45) is -2.74. The van der Waals surface area contributed by atoms with Crippen LogP contribution in [0.15, 0.2) is 29.2 Å². The lowest BCUT2D eigenvalue weighted by Crippen LogP contribution is -2.21. The van der Waals surface area contributed by atoms with E-state index < -0.39 is 23.1 Å². The maximum Gasteiger partial charge on any atom is 0.416 e. The molecule has 0 aliphatic rings. The van der Waals surface area contributed by atoms with E-state index in [1.165, 1.54) is 12.3 Å². The lowest BCUT2D eigenvalue weighted by atomic mass is 10.1. The third-order valence-corrected chi connectivity index (χ3v) is 3.70. The normalized spacial score (nSPS) is 11.7. The summed E-state index contributed by atoms with van der Waals surface area (Å²) >= 11 is 5.66. The zero-order valence-corrected chi connectivity index (χ0v) is 13.6. The molecule has 0 spiro atoms. The first kappa shape index (κ1) is 18.3. The Hall–Kier alpha value is -2.02. The van der Waals surface area contributed by atoms with Crippen molar-refractivity contribution in [1.82, 2.24) is 4.57 Å². The highest BCUT2D eigenvalue weighted by Crippen LogP contribution is 2.30. The van der Waals surface area contributed by atoms with Crippen LogP contribution in [0.3, 0.4) is 0 Å². The number of aromatic nitrogens is 1. The van der Waals surface area contributed by atoms with Crippen molar-refractivity contribution < 1.29 is 22.7 Å². The average molecular weight is 362 g/mol. The van der Waals surface area contributed by atoms with Crippen molar-refractivity contribution in [3.05, 3.63) is 45.7 Å². The number of pyridine rings is 1. The number of nitrogens with zero attached hydrogens (tertiary/aromatic N) is 1. The lowest BCUT2D eigenvalue weighted by Gasteiger charge is -2.14. The molecule has 0 radical (unpaired) electrons. The van der Waals surface area contributed by atoms with Gasteiger partial charge in [-0.25, -0.2) is 4.79 Å². The summed E-state index contributed by atoms with van der Waals surface area (Å²) < 4.78 is 45.1. The number of carbonyl (C=O) groups is 1. The molecule has 0 saturated heterocycles. The Morgan fingerprint density at radius 3 is 2.62 bits per heavy atom. The van der Waals surface area contributed by atoms with Crippen LogP contribution in [0.25, 0.3) is 10.9 Å². The van der Waals surface area contributed by atoms with Crippen molar-refractivity contribution in [2.75, 3.05) is 12.5 Å². The largest absolute Gasteiger partial charge is 0.462 e. The van der Waals surface area contributed by atoms with Gasteiger partial charge in [-0.05, 0) is 31.5 Å². The highest BCUT2D eigenvalue weighted by atomic mass is 35.5. The maximum absolute atomic E-state index is 12.9. The van der Waals surface area contributed by atoms with Crippen LogP contribution in [-0.4, -0.2) is 23.0 Å². The van der Waals surface area contributed by atoms with Crippen LogP contribution in [-0.2, 0) is 17.5 Å². The Morgan fingerprint density at radius 2 is 2.04 bits per heavy atom. The Labute approximate surface area is 140 Å². The fraction of sp³-hybridized carbons (Fsp3) is 0.375. The molecule has 2 aromatic rings. The molecule has 0 N–H and O–H groups in total. The first-order valence-corrected chi connectivity index (χ1v) is 7.80. The molecule has 8 heteroatoms. The Morgan fingerprint density at radius 1 is 1.33 bits per heavy atom. The molecule has 0 aliphatic heterocycles. The number of esters is 1. The molecule has 4 nitrogen and oxygen atoms in total. The van der Waals surface area contributed by atoms with Gasteiger partial charge in [0.25, 0.3) is 0 Å². The Kier molecular flexibility index (Phi) is 5.54. The highest BCUT2D eigenvalue weighted by molar-refractivity contribution is 6.17. The second kappa shape index (κ2) is 7.25. The van der Waals surface area contributed by atoms with Gasteiger partial charge in [0.15, 0.2) is 0 Å². The molecule has 0 aliphatic carbocycles. The van der Waals surface area contributed by atoms with Crippen LogP contribution in [0, 0.1) is 0 Å². The number of halogens is 4. The van der Waals surface area contributed by atoms with Crippen molar-refractivity contribution >= 4 is 28.5 Å². The molecule has 130 valence electrons. The van der Waals surface area contributed by atoms with E-state index in [0.717, 1.165) is 12.1 Å². The third-order valence-electron chi connectivity index (χ3n) is 3.44. The Balaban J connectivity index is 2.73. The van der Waals surface area contributed by atoms with Gasteiger partial charge in [0.05, 0.1) is 17.7 Å². The van der Waals surface area contributed by atoms with Crippen molar-refractivity contribution in [2.45, 2.75) is 26.1 Å². The average Bonchev–Trinajstić information content (AvgIpc) is 2.53. The summed E-state index contributed by atoms with van der Waals surface area (Å²) in [5.41, 5.74) is -1.71. The smallest absolute Gasteiger partial charge is 0.416 e. The molecule has 1 heterocycles. The Bertz CT molecular complexity index is 815. The van der Waals surface area contributed by atoms with Crippen LogP contribution in [0.5, 0.6) is 0 Å². The van der Waals surface area contributed by atoms with Gasteiger partial charge in [0.1, 0.15) is 5.56 Å². The van der Waals surface area contributed by atoms with Gasteiger partial charge in [0, 0.05) is 24.0 Å². The van der Waals surface area contributed by atoms with Crippen LogP contribution in [0.1, 0.15) is 29.3 Å². The molecule has 0 bridgehead atoms. The predicted octanol–water partition coefficient (Wildman–Crippen LogP) is 3.83. The second-order valence-electron chi connectivity index (χ2n) is 5.06. The van der Waals surface area contributed by atoms with Crippen molar-refractivity contribution in [3.8, 4) is 0 Å². The van der Waals surface area contributed by atoms with Gasteiger partial charge in [-0.3, -0.25) is 4.79 Å². The van der Waals surface area contributed by atoms with E-state index in [1.54, 1.807) is 11.5 Å². The molecule has 24 heavy (non-hydrogen) atoms. The first-order chi connectivity index (χ1) is 11.3. The fourth-order valence-electron chi connectivity index (χ4n) is 2.34. The van der Waals surface area contributed by atoms with E-state index in [-0.39, 0.29) is 17.6 Å². The standard InChI is InChI=1S/C16H15ClF3NO3/c1-2-24-15(23)12-9-21(7-3-6-17)13-5-4-10(16(18,19)20)8-11(13)14(12)22/h4-5,8-9H,2-3,6-7H2,1H3. The molecular weight excluding hydrogens is 347 g/mol. The minimum Gasteiger partial charge on any atom is -0.462 e. The number of benzene rings is 1. The van der Waals surface area contributed by atoms with E-state index >= 15 is 0 Å². The molecule has 0 amide bonds. The number of rotatable bonds is 5. The van der Waals surface area contributed by atoms with E-state index in [4.69, 9.17) is 16.3 Å². The summed E-state index contributed by atoms with van der Waals surface area (Å²) in [5, 5.41) is -0.176. The number of hydrogen-bond donors (Lipinski definition) is 0. The van der Waals surface area contributed by atoms with Gasteiger partial charge >= 0.3 is 12.1 Å². The molecule has 0 unspecified atom stereocenters. The number of aryl methyl sites for hydroxylation is 1. The van der Waals surface area contributed by atoms with E-state index in [1.807, 2.05) is 0 Å². The molecule has 1 aromatic heterocycles. The van der Waals surface area contributed by atoms with Gasteiger partial charge < -0.3 is 9.30 Å². The minimum atomic E-state index is -4.58. The maximum atomic E-state index is 12.9. The van der Waals surface area contributed by atoms with E-state index in [0.29, 0.717) is 24.4 Å². The number of carbonyl (C=O) groups excluding carboxylic acids is 1. The summed E-state index contributed by atoms with van der Waals surface area (Å²) in [7, 11) is 0. The topological polar surface area (TPSA) is 48.3 Å². The molecule has 2 rings (SSSR count). The van der Waals surface area contributed by atoms with Crippen LogP contribution in [0.4, 0.5) is 13.2 Å². The third kappa shape index (κ3) is 3.72. The summed E-state index contributed by atoms with van der Waals surface area (Å²) in [4.78, 5) is 24.4. The van der Waals surface area contributed by atoms with Crippen LogP contribution < -0.4 is 5.43 Å². The minimum absolute atomic E-state index is 0.0561. The summed E-state index contributed by atoms with van der Waals surface area (Å²) in [6.45, 7) is 1.99. The second-order valence-corrected chi connectivity index (χ2v) is 5.44. The zero-order chi connectivity index (χ0) is 17.9. The van der Waals surface area contributed by atoms with Gasteiger partial charge in [0.2, 0.25) is 5.43 Å². The zero-order valence-electron chi connectivity index (χ0n) is 12.8. The predicted molar refractivity (Wildman–Crippen MR) is 84.5 cm³/mol. The quantitative estimate of drug-likeness (QED) is 0.600. The lowest BCUT2D eigenvalue weighted by molar-refractivity contribution is -0.137. The number of alkyl halides is 4. The summed E-state index contributed by atoms with van der Waals surface area (Å²) in [6, 6.07) is 2.89. The molecular formula is C16H15ClF3NO3. The van der Waals surface area contributed by atoms with Gasteiger partial charge in [-0.1, -0.05) is 0 Å². The van der Waals surface area contributed by atoms with Crippen molar-refractivity contribution in [1.29, 1.82) is 0 Å². The van der Waals surface area contributed by atoms with E-state index in [9.17, 15) is 22.8 Å². The molecule has 0 atom stereocenters. The van der Waals surface area contributed by atoms with Crippen molar-refractivity contribution in [2.24, 2.45) is 0 Å².